The number of aromatic nitrogens is 2. The number of aryl methyl sites for hydroxylation is 2. The summed E-state index contributed by atoms with van der Waals surface area (Å²) in [4.78, 5) is 0. The van der Waals surface area contributed by atoms with Gasteiger partial charge in [-0.1, -0.05) is 37.8 Å². The molecule has 0 aliphatic heterocycles. The summed E-state index contributed by atoms with van der Waals surface area (Å²) in [6, 6.07) is 0. The molecule has 1 saturated carbocycles. The number of hydrogen-bond acceptors (Lipinski definition) is 2. The van der Waals surface area contributed by atoms with E-state index in [0.29, 0.717) is 11.4 Å². The number of rotatable bonds is 3. The summed E-state index contributed by atoms with van der Waals surface area (Å²) in [6.45, 7) is 4.16. The van der Waals surface area contributed by atoms with Crippen LogP contribution in [0.3, 0.4) is 0 Å². The highest BCUT2D eigenvalue weighted by molar-refractivity contribution is 6.31. The summed E-state index contributed by atoms with van der Waals surface area (Å²) in [5, 5.41) is 15.9. The lowest BCUT2D eigenvalue weighted by Crippen LogP contribution is -2.31. The normalized spacial score (nSPS) is 28.4. The number of aliphatic hydroxyl groups is 1. The highest BCUT2D eigenvalue weighted by Gasteiger charge is 2.32. The van der Waals surface area contributed by atoms with Gasteiger partial charge in [0.25, 0.3) is 0 Å². The number of nitrogens with zero attached hydrogens (tertiary/aromatic N) is 2. The van der Waals surface area contributed by atoms with Gasteiger partial charge in [-0.25, -0.2) is 0 Å². The van der Waals surface area contributed by atoms with E-state index in [1.54, 1.807) is 0 Å². The second-order valence-corrected chi connectivity index (χ2v) is 6.45. The minimum absolute atomic E-state index is 0.603. The maximum atomic E-state index is 10.9. The Balaban J connectivity index is 2.12. The molecule has 0 radical (unpaired) electrons. The van der Waals surface area contributed by atoms with Crippen molar-refractivity contribution >= 4 is 11.6 Å². The Hall–Kier alpha value is -0.540. The van der Waals surface area contributed by atoms with Gasteiger partial charge in [0.1, 0.15) is 0 Å². The largest absolute Gasteiger partial charge is 0.389 e. The van der Waals surface area contributed by atoms with Gasteiger partial charge >= 0.3 is 0 Å². The van der Waals surface area contributed by atoms with Crippen molar-refractivity contribution in [2.24, 2.45) is 13.0 Å². The molecule has 1 aromatic rings. The van der Waals surface area contributed by atoms with E-state index < -0.39 is 5.60 Å². The first kappa shape index (κ1) is 14.9. The molecule has 1 heterocycles. The molecule has 4 heteroatoms. The average molecular weight is 285 g/mol. The third-order valence-electron chi connectivity index (χ3n) is 4.61. The quantitative estimate of drug-likeness (QED) is 0.861. The van der Waals surface area contributed by atoms with Gasteiger partial charge in [-0.05, 0) is 32.1 Å². The van der Waals surface area contributed by atoms with Crippen LogP contribution in [0.4, 0.5) is 0 Å². The average Bonchev–Trinajstić information content (AvgIpc) is 2.56. The van der Waals surface area contributed by atoms with Gasteiger partial charge < -0.3 is 5.11 Å². The monoisotopic (exact) mass is 284 g/mol. The van der Waals surface area contributed by atoms with Crippen molar-refractivity contribution in [3.8, 4) is 0 Å². The summed E-state index contributed by atoms with van der Waals surface area (Å²) >= 11 is 6.30. The van der Waals surface area contributed by atoms with Crippen LogP contribution in [0.1, 0.15) is 56.8 Å². The molecule has 1 fully saturated rings. The topological polar surface area (TPSA) is 38.1 Å². The highest BCUT2D eigenvalue weighted by Crippen LogP contribution is 2.35. The molecule has 0 aromatic carbocycles. The third kappa shape index (κ3) is 3.32. The van der Waals surface area contributed by atoms with E-state index in [0.717, 1.165) is 43.0 Å². The standard InChI is InChI=1S/C15H25ClN2O/c1-4-12-6-5-8-15(19,9-7-12)10-13-14(16)11(2)17-18(13)3/h12,19H,4-10H2,1-3H3. The minimum atomic E-state index is -0.603. The Morgan fingerprint density at radius 1 is 1.42 bits per heavy atom. The minimum Gasteiger partial charge on any atom is -0.389 e. The maximum absolute atomic E-state index is 10.9. The third-order valence-corrected chi connectivity index (χ3v) is 5.10. The van der Waals surface area contributed by atoms with Crippen molar-refractivity contribution in [2.75, 3.05) is 0 Å². The molecule has 2 atom stereocenters. The lowest BCUT2D eigenvalue weighted by molar-refractivity contribution is 0.0225. The molecule has 1 aliphatic rings. The van der Waals surface area contributed by atoms with Crippen molar-refractivity contribution < 1.29 is 5.11 Å². The van der Waals surface area contributed by atoms with Gasteiger partial charge in [-0.15, -0.1) is 0 Å². The first-order valence-corrected chi connectivity index (χ1v) is 7.73. The summed E-state index contributed by atoms with van der Waals surface area (Å²) in [5.74, 6) is 0.776. The maximum Gasteiger partial charge on any atom is 0.0848 e. The van der Waals surface area contributed by atoms with Crippen LogP contribution in [-0.2, 0) is 13.5 Å². The second-order valence-electron chi connectivity index (χ2n) is 6.08. The van der Waals surface area contributed by atoms with E-state index in [-0.39, 0.29) is 0 Å². The summed E-state index contributed by atoms with van der Waals surface area (Å²) in [5.41, 5.74) is 1.22. The lowest BCUT2D eigenvalue weighted by atomic mass is 9.88. The molecule has 1 aromatic heterocycles. The highest BCUT2D eigenvalue weighted by atomic mass is 35.5. The molecule has 0 spiro atoms. The van der Waals surface area contributed by atoms with Crippen LogP contribution >= 0.6 is 11.6 Å². The van der Waals surface area contributed by atoms with Crippen LogP contribution < -0.4 is 0 Å². The van der Waals surface area contributed by atoms with Gasteiger partial charge in [0, 0.05) is 13.5 Å². The predicted molar refractivity (Wildman–Crippen MR) is 78.5 cm³/mol. The van der Waals surface area contributed by atoms with Crippen molar-refractivity contribution in [1.82, 2.24) is 9.78 Å². The van der Waals surface area contributed by atoms with Gasteiger partial charge in [0.2, 0.25) is 0 Å². The van der Waals surface area contributed by atoms with Crippen molar-refractivity contribution in [3.05, 3.63) is 16.4 Å². The first-order chi connectivity index (χ1) is 8.95. The smallest absolute Gasteiger partial charge is 0.0848 e. The zero-order valence-corrected chi connectivity index (χ0v) is 13.0. The Bertz CT molecular complexity index is 444. The van der Waals surface area contributed by atoms with Crippen LogP contribution in [0.15, 0.2) is 0 Å². The van der Waals surface area contributed by atoms with Crippen LogP contribution in [0.5, 0.6) is 0 Å². The number of hydrogen-bond donors (Lipinski definition) is 1. The molecule has 0 amide bonds. The van der Waals surface area contributed by atoms with Crippen LogP contribution in [0.2, 0.25) is 5.02 Å². The van der Waals surface area contributed by atoms with E-state index in [2.05, 4.69) is 12.0 Å². The summed E-state index contributed by atoms with van der Waals surface area (Å²) in [6.07, 6.45) is 7.10. The molecular weight excluding hydrogens is 260 g/mol. The molecule has 2 unspecified atom stereocenters. The SMILES string of the molecule is CCC1CCCC(O)(Cc2c(Cl)c(C)nn2C)CC1. The van der Waals surface area contributed by atoms with Gasteiger partial charge in [-0.3, -0.25) is 4.68 Å². The number of halogens is 1. The Morgan fingerprint density at radius 3 is 2.74 bits per heavy atom. The van der Waals surface area contributed by atoms with Gasteiger partial charge in [-0.2, -0.15) is 5.10 Å². The van der Waals surface area contributed by atoms with E-state index in [1.807, 2.05) is 18.7 Å². The molecule has 1 aliphatic carbocycles. The zero-order chi connectivity index (χ0) is 14.0. The van der Waals surface area contributed by atoms with Crippen LogP contribution in [-0.4, -0.2) is 20.5 Å². The molecule has 0 saturated heterocycles. The molecule has 3 nitrogen and oxygen atoms in total. The predicted octanol–water partition coefficient (Wildman–Crippen LogP) is 3.65. The van der Waals surface area contributed by atoms with Gasteiger partial charge in [0.05, 0.1) is 22.0 Å². The van der Waals surface area contributed by atoms with E-state index in [4.69, 9.17) is 11.6 Å². The molecular formula is C15H25ClN2O. The molecule has 19 heavy (non-hydrogen) atoms. The fraction of sp³-hybridized carbons (Fsp3) is 0.800. The lowest BCUT2D eigenvalue weighted by Gasteiger charge is -2.27. The van der Waals surface area contributed by atoms with E-state index in [9.17, 15) is 5.11 Å². The second kappa shape index (κ2) is 5.84. The Kier molecular flexibility index (Phi) is 4.57. The fourth-order valence-corrected chi connectivity index (χ4v) is 3.46. The summed E-state index contributed by atoms with van der Waals surface area (Å²) in [7, 11) is 1.91. The Morgan fingerprint density at radius 2 is 2.16 bits per heavy atom. The molecule has 108 valence electrons. The van der Waals surface area contributed by atoms with Crippen LogP contribution in [0.25, 0.3) is 0 Å². The first-order valence-electron chi connectivity index (χ1n) is 7.35. The van der Waals surface area contributed by atoms with E-state index in [1.165, 1.54) is 12.8 Å². The molecule has 1 N–H and O–H groups in total. The zero-order valence-electron chi connectivity index (χ0n) is 12.2. The van der Waals surface area contributed by atoms with Crippen molar-refractivity contribution in [3.63, 3.8) is 0 Å². The van der Waals surface area contributed by atoms with E-state index >= 15 is 0 Å². The Labute approximate surface area is 121 Å². The molecule has 2 rings (SSSR count). The summed E-state index contributed by atoms with van der Waals surface area (Å²) < 4.78 is 1.82. The van der Waals surface area contributed by atoms with Crippen molar-refractivity contribution in [1.29, 1.82) is 0 Å². The molecule has 0 bridgehead atoms. The van der Waals surface area contributed by atoms with Gasteiger partial charge in [0.15, 0.2) is 0 Å². The van der Waals surface area contributed by atoms with Crippen LogP contribution in [0, 0.1) is 12.8 Å². The fourth-order valence-electron chi connectivity index (χ4n) is 3.23. The van der Waals surface area contributed by atoms with Crippen molar-refractivity contribution in [2.45, 2.75) is 64.4 Å².